The highest BCUT2D eigenvalue weighted by molar-refractivity contribution is 6.30. The zero-order chi connectivity index (χ0) is 24.7. The summed E-state index contributed by atoms with van der Waals surface area (Å²) >= 11 is 6.05. The van der Waals surface area contributed by atoms with Crippen LogP contribution < -0.4 is 9.47 Å². The zero-order valence-electron chi connectivity index (χ0n) is 21.6. The molecule has 0 amide bonds. The highest BCUT2D eigenvalue weighted by atomic mass is 35.5. The summed E-state index contributed by atoms with van der Waals surface area (Å²) in [7, 11) is 2.23. The predicted molar refractivity (Wildman–Crippen MR) is 147 cm³/mol. The number of hydrogen-bond donors (Lipinski definition) is 0. The largest absolute Gasteiger partial charge is 0.491 e. The first kappa shape index (κ1) is 25.4. The van der Waals surface area contributed by atoms with Crippen LogP contribution in [0, 0.1) is 11.8 Å². The van der Waals surface area contributed by atoms with Gasteiger partial charge in [-0.05, 0) is 107 Å². The molecule has 0 atom stereocenters. The molecule has 5 nitrogen and oxygen atoms in total. The summed E-state index contributed by atoms with van der Waals surface area (Å²) < 4.78 is 14.9. The predicted octanol–water partition coefficient (Wildman–Crippen LogP) is 7.35. The van der Waals surface area contributed by atoms with Gasteiger partial charge in [-0.3, -0.25) is 0 Å². The number of benzene rings is 2. The van der Waals surface area contributed by atoms with Crippen LogP contribution in [0.25, 0.3) is 11.0 Å². The van der Waals surface area contributed by atoms with Crippen LogP contribution in [0.1, 0.15) is 63.6 Å². The summed E-state index contributed by atoms with van der Waals surface area (Å²) in [5.41, 5.74) is 2.11. The van der Waals surface area contributed by atoms with Crippen LogP contribution in [0.5, 0.6) is 11.5 Å². The first-order valence-corrected chi connectivity index (χ1v) is 14.2. The van der Waals surface area contributed by atoms with Crippen LogP contribution >= 0.6 is 11.6 Å². The summed E-state index contributed by atoms with van der Waals surface area (Å²) in [6.45, 7) is 4.61. The Morgan fingerprint density at radius 2 is 1.69 bits per heavy atom. The first-order valence-electron chi connectivity index (χ1n) is 13.8. The van der Waals surface area contributed by atoms with Gasteiger partial charge in [0.2, 0.25) is 0 Å². The van der Waals surface area contributed by atoms with E-state index in [0.717, 1.165) is 53.8 Å². The van der Waals surface area contributed by atoms with Gasteiger partial charge < -0.3 is 18.9 Å². The molecule has 36 heavy (non-hydrogen) atoms. The SMILES string of the molecule is CN1CCC(CCCn2c(COc3ccc(Cl)cc3)nc3c(OCC4CCCCC4)cccc32)CC1. The lowest BCUT2D eigenvalue weighted by molar-refractivity contribution is 0.208. The molecule has 0 bridgehead atoms. The summed E-state index contributed by atoms with van der Waals surface area (Å²) in [6.07, 6.45) is 11.6. The van der Waals surface area contributed by atoms with E-state index in [-0.39, 0.29) is 0 Å². The molecule has 2 aliphatic rings. The van der Waals surface area contributed by atoms with Crippen molar-refractivity contribution in [1.29, 1.82) is 0 Å². The Labute approximate surface area is 220 Å². The lowest BCUT2D eigenvalue weighted by atomic mass is 9.90. The smallest absolute Gasteiger partial charge is 0.148 e. The van der Waals surface area contributed by atoms with Crippen LogP contribution in [0.3, 0.4) is 0 Å². The van der Waals surface area contributed by atoms with E-state index in [9.17, 15) is 0 Å². The zero-order valence-corrected chi connectivity index (χ0v) is 22.4. The fourth-order valence-electron chi connectivity index (χ4n) is 5.77. The van der Waals surface area contributed by atoms with Gasteiger partial charge in [-0.1, -0.05) is 36.9 Å². The average Bonchev–Trinajstić information content (AvgIpc) is 3.27. The van der Waals surface area contributed by atoms with Crippen LogP contribution in [0.15, 0.2) is 42.5 Å². The van der Waals surface area contributed by atoms with E-state index in [1.165, 1.54) is 64.5 Å². The third kappa shape index (κ3) is 6.54. The Kier molecular flexibility index (Phi) is 8.71. The number of rotatable bonds is 10. The van der Waals surface area contributed by atoms with Gasteiger partial charge in [-0.2, -0.15) is 0 Å². The lowest BCUT2D eigenvalue weighted by Gasteiger charge is -2.29. The molecule has 5 rings (SSSR count). The Hall–Kier alpha value is -2.24. The minimum absolute atomic E-state index is 0.423. The number of likely N-dealkylation sites (tertiary alicyclic amines) is 1. The Balaban J connectivity index is 1.32. The topological polar surface area (TPSA) is 39.5 Å². The van der Waals surface area contributed by atoms with Gasteiger partial charge in [0.05, 0.1) is 12.1 Å². The second-order valence-electron chi connectivity index (χ2n) is 10.8. The van der Waals surface area contributed by atoms with Crippen molar-refractivity contribution in [3.8, 4) is 11.5 Å². The van der Waals surface area contributed by atoms with Crippen LogP contribution in [-0.4, -0.2) is 41.2 Å². The monoisotopic (exact) mass is 509 g/mol. The van der Waals surface area contributed by atoms with Crippen LogP contribution in [0.4, 0.5) is 0 Å². The number of ether oxygens (including phenoxy) is 2. The van der Waals surface area contributed by atoms with Crippen molar-refractivity contribution in [3.63, 3.8) is 0 Å². The molecule has 0 unspecified atom stereocenters. The second kappa shape index (κ2) is 12.3. The third-order valence-electron chi connectivity index (χ3n) is 8.03. The van der Waals surface area contributed by atoms with Crippen molar-refractivity contribution in [2.75, 3.05) is 26.7 Å². The van der Waals surface area contributed by atoms with Gasteiger partial charge in [-0.25, -0.2) is 4.98 Å². The molecule has 0 radical (unpaired) electrons. The van der Waals surface area contributed by atoms with Crippen LogP contribution in [-0.2, 0) is 13.2 Å². The molecule has 2 heterocycles. The van der Waals surface area contributed by atoms with Gasteiger partial charge in [0.15, 0.2) is 0 Å². The molecule has 1 saturated heterocycles. The molecule has 1 aliphatic heterocycles. The van der Waals surface area contributed by atoms with Crippen molar-refractivity contribution in [2.24, 2.45) is 11.8 Å². The maximum atomic E-state index is 6.38. The highest BCUT2D eigenvalue weighted by Gasteiger charge is 2.20. The Morgan fingerprint density at radius 1 is 0.917 bits per heavy atom. The molecule has 2 fully saturated rings. The lowest BCUT2D eigenvalue weighted by Crippen LogP contribution is -2.30. The van der Waals surface area contributed by atoms with E-state index >= 15 is 0 Å². The molecule has 6 heteroatoms. The van der Waals surface area contributed by atoms with Crippen molar-refractivity contribution in [1.82, 2.24) is 14.5 Å². The number of piperidine rings is 1. The molecule has 1 saturated carbocycles. The number of para-hydroxylation sites is 1. The van der Waals surface area contributed by atoms with E-state index < -0.39 is 0 Å². The Morgan fingerprint density at radius 3 is 2.47 bits per heavy atom. The summed E-state index contributed by atoms with van der Waals surface area (Å²) in [5.74, 6) is 4.16. The minimum Gasteiger partial charge on any atom is -0.491 e. The van der Waals surface area contributed by atoms with E-state index in [1.807, 2.05) is 24.3 Å². The van der Waals surface area contributed by atoms with Crippen LogP contribution in [0.2, 0.25) is 5.02 Å². The minimum atomic E-state index is 0.423. The van der Waals surface area contributed by atoms with Gasteiger partial charge in [0.1, 0.15) is 29.4 Å². The van der Waals surface area contributed by atoms with Gasteiger partial charge >= 0.3 is 0 Å². The molecular formula is C30H40ClN3O2. The molecule has 0 N–H and O–H groups in total. The molecule has 1 aromatic heterocycles. The number of hydrogen-bond acceptors (Lipinski definition) is 4. The molecule has 3 aromatic rings. The fraction of sp³-hybridized carbons (Fsp3) is 0.567. The third-order valence-corrected chi connectivity index (χ3v) is 8.29. The Bertz CT molecular complexity index is 1100. The number of imidazole rings is 1. The average molecular weight is 510 g/mol. The van der Waals surface area contributed by atoms with E-state index in [2.05, 4.69) is 34.7 Å². The molecular weight excluding hydrogens is 470 g/mol. The van der Waals surface area contributed by atoms with Crippen molar-refractivity contribution < 1.29 is 9.47 Å². The number of halogens is 1. The van der Waals surface area contributed by atoms with Crippen molar-refractivity contribution in [2.45, 2.75) is 70.9 Å². The second-order valence-corrected chi connectivity index (χ2v) is 11.2. The standard InChI is InChI=1S/C30H40ClN3O2/c1-33-19-16-23(17-20-33)9-6-18-34-27-10-5-11-28(36-21-24-7-3-2-4-8-24)30(27)32-29(34)22-35-26-14-12-25(31)13-15-26/h5,10-15,23-24H,2-4,6-9,16-22H2,1H3. The summed E-state index contributed by atoms with van der Waals surface area (Å²) in [4.78, 5) is 7.51. The van der Waals surface area contributed by atoms with E-state index in [0.29, 0.717) is 17.5 Å². The van der Waals surface area contributed by atoms with E-state index in [4.69, 9.17) is 26.1 Å². The van der Waals surface area contributed by atoms with E-state index in [1.54, 1.807) is 0 Å². The molecule has 194 valence electrons. The molecule has 0 spiro atoms. The summed E-state index contributed by atoms with van der Waals surface area (Å²) in [5, 5.41) is 0.711. The maximum absolute atomic E-state index is 6.38. The maximum Gasteiger partial charge on any atom is 0.148 e. The number of aryl methyl sites for hydroxylation is 1. The number of aromatic nitrogens is 2. The van der Waals surface area contributed by atoms with Gasteiger partial charge in [0, 0.05) is 11.6 Å². The fourth-order valence-corrected chi connectivity index (χ4v) is 5.90. The molecule has 2 aromatic carbocycles. The quantitative estimate of drug-likeness (QED) is 0.286. The number of nitrogens with zero attached hydrogens (tertiary/aromatic N) is 3. The normalized spacial score (nSPS) is 18.1. The highest BCUT2D eigenvalue weighted by Crippen LogP contribution is 2.30. The van der Waals surface area contributed by atoms with Gasteiger partial charge in [0.25, 0.3) is 0 Å². The number of fused-ring (bicyclic) bond motifs is 1. The molecule has 1 aliphatic carbocycles. The first-order chi connectivity index (χ1) is 17.7. The van der Waals surface area contributed by atoms with Crippen molar-refractivity contribution >= 4 is 22.6 Å². The summed E-state index contributed by atoms with van der Waals surface area (Å²) in [6, 6.07) is 13.9. The van der Waals surface area contributed by atoms with Gasteiger partial charge in [-0.15, -0.1) is 0 Å². The van der Waals surface area contributed by atoms with Crippen molar-refractivity contribution in [3.05, 3.63) is 53.3 Å².